The average Bonchev–Trinajstić information content (AvgIpc) is 2.53. The standard InChI is InChI=1S/C18H18N2O3/c1-20(2)13-6-7-14-15(10-17(21)19-16(14)9-13)11-4-3-5-12(8-11)18(22)23/h3-9,15H,10H2,1-2H3,(H,19,21)(H,22,23). The molecule has 0 saturated carbocycles. The Kier molecular flexibility index (Phi) is 3.78. The van der Waals surface area contributed by atoms with E-state index in [1.165, 1.54) is 0 Å². The van der Waals surface area contributed by atoms with Gasteiger partial charge in [0.15, 0.2) is 0 Å². The van der Waals surface area contributed by atoms with Crippen molar-refractivity contribution in [3.05, 3.63) is 59.2 Å². The lowest BCUT2D eigenvalue weighted by Crippen LogP contribution is -2.24. The quantitative estimate of drug-likeness (QED) is 0.914. The second-order valence-electron chi connectivity index (χ2n) is 5.90. The molecule has 3 rings (SSSR count). The van der Waals surface area contributed by atoms with Gasteiger partial charge in [-0.1, -0.05) is 18.2 Å². The van der Waals surface area contributed by atoms with Gasteiger partial charge in [-0.15, -0.1) is 0 Å². The number of carbonyl (C=O) groups is 2. The van der Waals surface area contributed by atoms with Crippen molar-refractivity contribution in [2.75, 3.05) is 24.3 Å². The number of carbonyl (C=O) groups excluding carboxylic acids is 1. The molecule has 0 fully saturated rings. The molecular formula is C18H18N2O3. The third-order valence-electron chi connectivity index (χ3n) is 4.13. The first-order valence-electron chi connectivity index (χ1n) is 7.40. The maximum Gasteiger partial charge on any atom is 0.335 e. The number of benzene rings is 2. The van der Waals surface area contributed by atoms with Crippen molar-refractivity contribution in [1.82, 2.24) is 0 Å². The van der Waals surface area contributed by atoms with Gasteiger partial charge in [-0.05, 0) is 35.4 Å². The first-order chi connectivity index (χ1) is 11.0. The summed E-state index contributed by atoms with van der Waals surface area (Å²) in [4.78, 5) is 25.2. The molecule has 1 amide bonds. The van der Waals surface area contributed by atoms with Crippen LogP contribution in [0.4, 0.5) is 11.4 Å². The Morgan fingerprint density at radius 1 is 1.22 bits per heavy atom. The van der Waals surface area contributed by atoms with E-state index in [1.54, 1.807) is 18.2 Å². The van der Waals surface area contributed by atoms with Gasteiger partial charge in [0.05, 0.1) is 5.56 Å². The third-order valence-corrected chi connectivity index (χ3v) is 4.13. The molecule has 118 valence electrons. The van der Waals surface area contributed by atoms with E-state index in [0.717, 1.165) is 22.5 Å². The van der Waals surface area contributed by atoms with Crippen LogP contribution >= 0.6 is 0 Å². The number of hydrogen-bond donors (Lipinski definition) is 2. The lowest BCUT2D eigenvalue weighted by atomic mass is 9.84. The number of fused-ring (bicyclic) bond motifs is 1. The third kappa shape index (κ3) is 2.90. The smallest absolute Gasteiger partial charge is 0.335 e. The van der Waals surface area contributed by atoms with Gasteiger partial charge in [0.2, 0.25) is 5.91 Å². The molecule has 0 aromatic heterocycles. The number of hydrogen-bond acceptors (Lipinski definition) is 3. The predicted molar refractivity (Wildman–Crippen MR) is 89.3 cm³/mol. The lowest BCUT2D eigenvalue weighted by molar-refractivity contribution is -0.116. The van der Waals surface area contributed by atoms with Crippen LogP contribution in [0.2, 0.25) is 0 Å². The summed E-state index contributed by atoms with van der Waals surface area (Å²) in [5.41, 5.74) is 3.89. The molecule has 0 saturated heterocycles. The Hall–Kier alpha value is -2.82. The van der Waals surface area contributed by atoms with Crippen LogP contribution < -0.4 is 10.2 Å². The molecule has 2 aromatic carbocycles. The van der Waals surface area contributed by atoms with Gasteiger partial charge in [0, 0.05) is 37.8 Å². The minimum atomic E-state index is -0.963. The molecule has 0 aliphatic carbocycles. The Morgan fingerprint density at radius 2 is 2.00 bits per heavy atom. The van der Waals surface area contributed by atoms with E-state index in [2.05, 4.69) is 5.32 Å². The SMILES string of the molecule is CN(C)c1ccc2c(c1)NC(=O)CC2c1cccc(C(=O)O)c1. The minimum Gasteiger partial charge on any atom is -0.478 e. The second-order valence-corrected chi connectivity index (χ2v) is 5.90. The van der Waals surface area contributed by atoms with Crippen molar-refractivity contribution in [2.24, 2.45) is 0 Å². The number of nitrogens with one attached hydrogen (secondary N) is 1. The summed E-state index contributed by atoms with van der Waals surface area (Å²) < 4.78 is 0. The topological polar surface area (TPSA) is 69.6 Å². The summed E-state index contributed by atoms with van der Waals surface area (Å²) in [6.07, 6.45) is 0.317. The molecule has 23 heavy (non-hydrogen) atoms. The Bertz CT molecular complexity index is 784. The second kappa shape index (κ2) is 5.76. The maximum atomic E-state index is 12.1. The van der Waals surface area contributed by atoms with Gasteiger partial charge in [-0.3, -0.25) is 4.79 Å². The van der Waals surface area contributed by atoms with Gasteiger partial charge >= 0.3 is 5.97 Å². The molecule has 5 heteroatoms. The maximum absolute atomic E-state index is 12.1. The molecule has 1 unspecified atom stereocenters. The van der Waals surface area contributed by atoms with Crippen molar-refractivity contribution in [3.8, 4) is 0 Å². The van der Waals surface area contributed by atoms with E-state index >= 15 is 0 Å². The highest BCUT2D eigenvalue weighted by molar-refractivity contribution is 5.96. The number of nitrogens with zero attached hydrogens (tertiary/aromatic N) is 1. The molecule has 1 aliphatic heterocycles. The highest BCUT2D eigenvalue weighted by Gasteiger charge is 2.27. The fourth-order valence-electron chi connectivity index (χ4n) is 2.92. The summed E-state index contributed by atoms with van der Waals surface area (Å²) in [6, 6.07) is 12.8. The molecule has 5 nitrogen and oxygen atoms in total. The molecule has 2 aromatic rings. The Balaban J connectivity index is 2.07. The van der Waals surface area contributed by atoms with Crippen LogP contribution in [0.3, 0.4) is 0 Å². The van der Waals surface area contributed by atoms with Crippen molar-refractivity contribution < 1.29 is 14.7 Å². The summed E-state index contributed by atoms with van der Waals surface area (Å²) in [6.45, 7) is 0. The molecule has 1 atom stereocenters. The Labute approximate surface area is 134 Å². The van der Waals surface area contributed by atoms with Crippen LogP contribution in [0.1, 0.15) is 33.8 Å². The molecule has 1 heterocycles. The van der Waals surface area contributed by atoms with Gasteiger partial charge in [-0.25, -0.2) is 4.79 Å². The zero-order valence-corrected chi connectivity index (χ0v) is 13.0. The fourth-order valence-corrected chi connectivity index (χ4v) is 2.92. The summed E-state index contributed by atoms with van der Waals surface area (Å²) in [5, 5.41) is 12.1. The molecule has 2 N–H and O–H groups in total. The van der Waals surface area contributed by atoms with Crippen molar-refractivity contribution >= 4 is 23.3 Å². The number of aromatic carboxylic acids is 1. The summed E-state index contributed by atoms with van der Waals surface area (Å²) in [7, 11) is 3.89. The van der Waals surface area contributed by atoms with Crippen LogP contribution in [0.25, 0.3) is 0 Å². The van der Waals surface area contributed by atoms with Crippen molar-refractivity contribution in [2.45, 2.75) is 12.3 Å². The van der Waals surface area contributed by atoms with Crippen molar-refractivity contribution in [1.29, 1.82) is 0 Å². The highest BCUT2D eigenvalue weighted by Crippen LogP contribution is 2.38. The fraction of sp³-hybridized carbons (Fsp3) is 0.222. The van der Waals surface area contributed by atoms with E-state index in [9.17, 15) is 9.59 Å². The molecule has 0 spiro atoms. The number of anilines is 2. The van der Waals surface area contributed by atoms with Crippen LogP contribution in [0.15, 0.2) is 42.5 Å². The molecule has 1 aliphatic rings. The van der Waals surface area contributed by atoms with Gasteiger partial charge in [0.25, 0.3) is 0 Å². The molecular weight excluding hydrogens is 292 g/mol. The summed E-state index contributed by atoms with van der Waals surface area (Å²) in [5.74, 6) is -1.15. The zero-order valence-electron chi connectivity index (χ0n) is 13.0. The number of carboxylic acids is 1. The van der Waals surface area contributed by atoms with E-state index in [1.807, 2.05) is 43.3 Å². The van der Waals surface area contributed by atoms with Gasteiger partial charge in [-0.2, -0.15) is 0 Å². The molecule has 0 bridgehead atoms. The first kappa shape index (κ1) is 15.1. The normalized spacial score (nSPS) is 16.4. The van der Waals surface area contributed by atoms with Crippen LogP contribution in [-0.2, 0) is 4.79 Å². The molecule has 0 radical (unpaired) electrons. The van der Waals surface area contributed by atoms with Crippen molar-refractivity contribution in [3.63, 3.8) is 0 Å². The van der Waals surface area contributed by atoms with E-state index in [-0.39, 0.29) is 17.4 Å². The van der Waals surface area contributed by atoms with Crippen LogP contribution in [-0.4, -0.2) is 31.1 Å². The van der Waals surface area contributed by atoms with Gasteiger partial charge in [0.1, 0.15) is 0 Å². The Morgan fingerprint density at radius 3 is 2.70 bits per heavy atom. The minimum absolute atomic E-state index is 0.0564. The lowest BCUT2D eigenvalue weighted by Gasteiger charge is -2.27. The van der Waals surface area contributed by atoms with E-state index in [0.29, 0.717) is 6.42 Å². The highest BCUT2D eigenvalue weighted by atomic mass is 16.4. The zero-order chi connectivity index (χ0) is 16.6. The average molecular weight is 310 g/mol. The number of amides is 1. The van der Waals surface area contributed by atoms with Crippen LogP contribution in [0.5, 0.6) is 0 Å². The van der Waals surface area contributed by atoms with Gasteiger partial charge < -0.3 is 15.3 Å². The van der Waals surface area contributed by atoms with E-state index < -0.39 is 5.97 Å². The monoisotopic (exact) mass is 310 g/mol. The first-order valence-corrected chi connectivity index (χ1v) is 7.40. The van der Waals surface area contributed by atoms with E-state index in [4.69, 9.17) is 5.11 Å². The van der Waals surface area contributed by atoms with Crippen LogP contribution in [0, 0.1) is 0 Å². The summed E-state index contributed by atoms with van der Waals surface area (Å²) >= 11 is 0. The predicted octanol–water partition coefficient (Wildman–Crippen LogP) is 2.92. The number of rotatable bonds is 3. The largest absolute Gasteiger partial charge is 0.478 e. The number of carboxylic acid groups (broad SMARTS) is 1.